The van der Waals surface area contributed by atoms with E-state index in [-0.39, 0.29) is 49.7 Å². The van der Waals surface area contributed by atoms with Crippen molar-refractivity contribution in [3.05, 3.63) is 71.6 Å². The third-order valence-electron chi connectivity index (χ3n) is 15.6. The first-order chi connectivity index (χ1) is 35.3. The van der Waals surface area contributed by atoms with Crippen LogP contribution in [0.2, 0.25) is 0 Å². The van der Waals surface area contributed by atoms with Crippen LogP contribution >= 0.6 is 0 Å². The molecule has 8 rings (SSSR count). The second-order valence-corrected chi connectivity index (χ2v) is 22.4. The fraction of sp³-hybridized carbons (Fsp3) is 0.607. The van der Waals surface area contributed by atoms with Gasteiger partial charge >= 0.3 is 12.0 Å². The predicted octanol–water partition coefficient (Wildman–Crippen LogP) is 5.47. The number of nitrogens with one attached hydrogen (secondary N) is 2. The van der Waals surface area contributed by atoms with Crippen LogP contribution < -0.4 is 10.7 Å². The van der Waals surface area contributed by atoms with E-state index in [4.69, 9.17) is 19.2 Å². The van der Waals surface area contributed by atoms with Crippen molar-refractivity contribution in [2.24, 2.45) is 11.3 Å². The average molecular weight is 1020 g/mol. The fourth-order valence-electron chi connectivity index (χ4n) is 11.5. The highest BCUT2D eigenvalue weighted by Crippen LogP contribution is 2.42. The van der Waals surface area contributed by atoms with E-state index in [2.05, 4.69) is 71.3 Å². The summed E-state index contributed by atoms with van der Waals surface area (Å²) in [5, 5.41) is 5.73. The molecule has 74 heavy (non-hydrogen) atoms. The Balaban J connectivity index is 1.05. The summed E-state index contributed by atoms with van der Waals surface area (Å²) in [4.78, 5) is 84.9. The Bertz CT molecular complexity index is 2620. The minimum atomic E-state index is -1.01. The number of aryl methyl sites for hydroxylation is 1. The smallest absolute Gasteiger partial charge is 0.324 e. The van der Waals surface area contributed by atoms with Crippen LogP contribution in [0.15, 0.2) is 54.8 Å². The van der Waals surface area contributed by atoms with Crippen LogP contribution in [0.5, 0.6) is 0 Å². The number of amides is 5. The minimum absolute atomic E-state index is 0.0956. The number of pyridine rings is 1. The van der Waals surface area contributed by atoms with E-state index in [1.807, 2.05) is 51.9 Å². The Hall–Kier alpha value is -5.66. The van der Waals surface area contributed by atoms with Gasteiger partial charge in [-0.25, -0.2) is 10.2 Å². The van der Waals surface area contributed by atoms with Gasteiger partial charge < -0.3 is 43.7 Å². The monoisotopic (exact) mass is 1020 g/mol. The van der Waals surface area contributed by atoms with Gasteiger partial charge in [-0.15, -0.1) is 0 Å². The zero-order valence-electron chi connectivity index (χ0n) is 45.4. The Morgan fingerprint density at radius 3 is 2.53 bits per heavy atom. The maximum atomic E-state index is 14.9. The van der Waals surface area contributed by atoms with E-state index in [0.717, 1.165) is 51.0 Å². The van der Waals surface area contributed by atoms with Crippen LogP contribution in [0.3, 0.4) is 0 Å². The van der Waals surface area contributed by atoms with Gasteiger partial charge in [0.25, 0.3) is 5.91 Å². The number of piperidine rings is 1. The summed E-state index contributed by atoms with van der Waals surface area (Å²) in [6.45, 7) is 16.9. The zero-order chi connectivity index (χ0) is 53.1. The molecule has 3 fully saturated rings. The molecule has 3 aromatic rings. The number of urea groups is 1. The molecule has 7 heterocycles. The highest BCUT2D eigenvalue weighted by Gasteiger charge is 2.45. The number of hydrogen-bond acceptors (Lipinski definition) is 12. The van der Waals surface area contributed by atoms with E-state index >= 15 is 0 Å². The van der Waals surface area contributed by atoms with E-state index in [0.29, 0.717) is 84.5 Å². The molecule has 18 heteroatoms. The Morgan fingerprint density at radius 1 is 1.04 bits per heavy atom. The third-order valence-corrected chi connectivity index (χ3v) is 15.6. The van der Waals surface area contributed by atoms with Gasteiger partial charge in [0.15, 0.2) is 0 Å². The molecule has 1 unspecified atom stereocenters. The van der Waals surface area contributed by atoms with Crippen molar-refractivity contribution in [3.63, 3.8) is 0 Å². The molecule has 18 nitrogen and oxygen atoms in total. The number of ether oxygens (including phenoxy) is 3. The summed E-state index contributed by atoms with van der Waals surface area (Å²) in [5.74, 6) is -1.63. The standard InChI is InChI=1S/C56H80N10O8/c1-11-65-46-21-20-39-30-42(46)43(50(65)41-17-12-24-57-48(41)38(4)72-10)31-55(5,6)35-73-53(70)44-18-14-27-66(59-44)52(69)45(33-62-26-13-16-40(39)32-62)58-51(68)49(37(2)3)61(9)54(71)63-28-22-56(23-29-63)34-64(36-74-56)47(67)19-15-25-60(7)8/h12,15-17,19-21,24,30,37-38,44-45,49,59H,11,13-14,18,22-23,25-29,31-36H2,1-10H3,(H,58,68)/b19-15+/t38-,44-,45-,49-/m0/s1. The molecule has 2 N–H and O–H groups in total. The normalized spacial score (nSPS) is 23.3. The van der Waals surface area contributed by atoms with E-state index in [1.54, 1.807) is 36.2 Å². The molecule has 6 bridgehead atoms. The van der Waals surface area contributed by atoms with E-state index < -0.39 is 41.0 Å². The minimum Gasteiger partial charge on any atom is -0.464 e. The Kier molecular flexibility index (Phi) is 17.0. The van der Waals surface area contributed by atoms with Crippen molar-refractivity contribution in [1.82, 2.24) is 49.8 Å². The number of carbonyl (C=O) groups is 5. The van der Waals surface area contributed by atoms with Gasteiger partial charge in [-0.2, -0.15) is 0 Å². The van der Waals surface area contributed by atoms with E-state index in [9.17, 15) is 24.0 Å². The van der Waals surface area contributed by atoms with Gasteiger partial charge in [-0.05, 0) is 113 Å². The van der Waals surface area contributed by atoms with Crippen molar-refractivity contribution in [2.75, 3.05) is 93.9 Å². The molecule has 5 aliphatic heterocycles. The topological polar surface area (TPSA) is 174 Å². The lowest BCUT2D eigenvalue weighted by Gasteiger charge is -2.41. The number of fused-ring (bicyclic) bond motifs is 6. The number of likely N-dealkylation sites (tertiary alicyclic amines) is 1. The Labute approximate surface area is 437 Å². The van der Waals surface area contributed by atoms with Crippen LogP contribution in [-0.4, -0.2) is 186 Å². The summed E-state index contributed by atoms with van der Waals surface area (Å²) >= 11 is 0. The molecule has 3 saturated heterocycles. The zero-order valence-corrected chi connectivity index (χ0v) is 45.4. The molecule has 5 atom stereocenters. The van der Waals surface area contributed by atoms with Crippen molar-refractivity contribution in [3.8, 4) is 11.3 Å². The van der Waals surface area contributed by atoms with Gasteiger partial charge in [-0.1, -0.05) is 45.9 Å². The maximum Gasteiger partial charge on any atom is 0.324 e. The number of rotatable bonds is 11. The van der Waals surface area contributed by atoms with Crippen molar-refractivity contribution in [1.29, 1.82) is 0 Å². The van der Waals surface area contributed by atoms with Gasteiger partial charge in [0.2, 0.25) is 11.8 Å². The quantitative estimate of drug-likeness (QED) is 0.184. The Morgan fingerprint density at radius 2 is 1.81 bits per heavy atom. The van der Waals surface area contributed by atoms with Crippen molar-refractivity contribution in [2.45, 2.75) is 116 Å². The molecular weight excluding hydrogens is 941 g/mol. The van der Waals surface area contributed by atoms with Gasteiger partial charge in [0.1, 0.15) is 24.9 Å². The molecule has 1 aromatic carbocycles. The number of hydrazine groups is 1. The fourth-order valence-corrected chi connectivity index (χ4v) is 11.5. The third kappa shape index (κ3) is 11.9. The summed E-state index contributed by atoms with van der Waals surface area (Å²) in [6.07, 6.45) is 10.8. The lowest BCUT2D eigenvalue weighted by atomic mass is 9.84. The van der Waals surface area contributed by atoms with Gasteiger partial charge in [0.05, 0.1) is 36.2 Å². The highest BCUT2D eigenvalue weighted by molar-refractivity contribution is 5.95. The number of methoxy groups -OCH3 is 1. The molecule has 402 valence electrons. The van der Waals surface area contributed by atoms with Crippen molar-refractivity contribution < 1.29 is 38.2 Å². The molecule has 0 radical (unpaired) electrons. The van der Waals surface area contributed by atoms with Crippen LogP contribution in [0.4, 0.5) is 4.79 Å². The molecular formula is C56H80N10O8. The summed E-state index contributed by atoms with van der Waals surface area (Å²) in [5.41, 5.74) is 9.52. The summed E-state index contributed by atoms with van der Waals surface area (Å²) < 4.78 is 20.6. The number of likely N-dealkylation sites (N-methyl/N-ethyl adjacent to an activating group) is 2. The SMILES string of the molecule is CCn1c(-c2cccnc2[C@H](C)OC)c2c3cc(ccc31)C1=CCCN(C1)C[C@H](NC(=O)[C@H](C(C)C)N(C)C(=O)N1CCC3(CC1)CN(C(=O)/C=C/CN(C)C)CO3)C(=O)N1CCC[C@H](N1)C(=O)OCC(C)(C)C2. The number of aromatic nitrogens is 2. The molecule has 0 saturated carbocycles. The first kappa shape index (κ1) is 54.6. The van der Waals surface area contributed by atoms with Gasteiger partial charge in [0, 0.05) is 101 Å². The second-order valence-electron chi connectivity index (χ2n) is 22.4. The largest absolute Gasteiger partial charge is 0.464 e. The summed E-state index contributed by atoms with van der Waals surface area (Å²) in [6, 6.07) is 7.78. The van der Waals surface area contributed by atoms with E-state index in [1.165, 1.54) is 9.91 Å². The number of hydrogen-bond donors (Lipinski definition) is 2. The first-order valence-electron chi connectivity index (χ1n) is 26.7. The summed E-state index contributed by atoms with van der Waals surface area (Å²) in [7, 11) is 7.24. The molecule has 2 aromatic heterocycles. The first-order valence-corrected chi connectivity index (χ1v) is 26.7. The predicted molar refractivity (Wildman–Crippen MR) is 284 cm³/mol. The lowest BCUT2D eigenvalue weighted by Crippen LogP contribution is -2.64. The molecule has 5 aliphatic rings. The van der Waals surface area contributed by atoms with Crippen LogP contribution in [0.25, 0.3) is 27.7 Å². The molecule has 5 amide bonds. The number of carbonyl (C=O) groups excluding carboxylic acids is 5. The number of cyclic esters (lactones) is 1. The lowest BCUT2D eigenvalue weighted by molar-refractivity contribution is -0.155. The van der Waals surface area contributed by atoms with Crippen LogP contribution in [0, 0.1) is 11.3 Å². The molecule has 0 aliphatic carbocycles. The van der Waals surface area contributed by atoms with Gasteiger partial charge in [-0.3, -0.25) is 34.1 Å². The highest BCUT2D eigenvalue weighted by atomic mass is 16.5. The average Bonchev–Trinajstić information content (AvgIpc) is 3.94. The van der Waals surface area contributed by atoms with Crippen molar-refractivity contribution >= 4 is 46.2 Å². The number of nitrogens with zero attached hydrogens (tertiary/aromatic N) is 8. The van der Waals surface area contributed by atoms with Crippen LogP contribution in [-0.2, 0) is 46.4 Å². The van der Waals surface area contributed by atoms with Crippen LogP contribution in [0.1, 0.15) is 96.6 Å². The second kappa shape index (κ2) is 23.1. The number of esters is 1. The molecule has 1 spiro atoms. The number of benzene rings is 1. The maximum absolute atomic E-state index is 14.9.